The van der Waals surface area contributed by atoms with Crippen LogP contribution in [0.3, 0.4) is 0 Å². The first kappa shape index (κ1) is 24.3. The van der Waals surface area contributed by atoms with Gasteiger partial charge in [0, 0.05) is 12.8 Å². The summed E-state index contributed by atoms with van der Waals surface area (Å²) < 4.78 is 5.76. The van der Waals surface area contributed by atoms with Crippen molar-refractivity contribution in [2.75, 3.05) is 0 Å². The van der Waals surface area contributed by atoms with Gasteiger partial charge in [-0.15, -0.1) is 0 Å². The van der Waals surface area contributed by atoms with Gasteiger partial charge >= 0.3 is 5.97 Å². The zero-order valence-corrected chi connectivity index (χ0v) is 16.6. The molecule has 0 unspecified atom stereocenters. The van der Waals surface area contributed by atoms with Crippen LogP contribution in [0, 0.1) is 0 Å². The van der Waals surface area contributed by atoms with Crippen LogP contribution in [0.2, 0.25) is 0 Å². The zero-order chi connectivity index (χ0) is 20.8. The van der Waals surface area contributed by atoms with Crippen molar-refractivity contribution < 1.29 is 30.0 Å². The summed E-state index contributed by atoms with van der Waals surface area (Å²) in [6.07, 6.45) is 15.2. The topological polar surface area (TPSA) is 107 Å². The smallest absolute Gasteiger partial charge is 0.303 e. The quantitative estimate of drug-likeness (QED) is 0.358. The van der Waals surface area contributed by atoms with Crippen LogP contribution in [0.15, 0.2) is 48.6 Å². The van der Waals surface area contributed by atoms with Crippen LogP contribution in [-0.4, -0.2) is 56.9 Å². The molecular formula is C22H34O6. The summed E-state index contributed by atoms with van der Waals surface area (Å²) in [5.74, 6) is -0.853. The molecule has 1 heterocycles. The number of hydrogen-bond donors (Lipinski definition) is 4. The van der Waals surface area contributed by atoms with E-state index in [2.05, 4.69) is 19.1 Å². The molecule has 28 heavy (non-hydrogen) atoms. The van der Waals surface area contributed by atoms with Crippen LogP contribution in [0.4, 0.5) is 0 Å². The number of aliphatic hydroxyl groups is 3. The van der Waals surface area contributed by atoms with E-state index >= 15 is 0 Å². The van der Waals surface area contributed by atoms with Crippen LogP contribution in [0.1, 0.15) is 51.9 Å². The average Bonchev–Trinajstić information content (AvgIpc) is 3.03. The fourth-order valence-corrected chi connectivity index (χ4v) is 2.87. The van der Waals surface area contributed by atoms with Crippen LogP contribution >= 0.6 is 0 Å². The third-order valence-corrected chi connectivity index (χ3v) is 4.44. The van der Waals surface area contributed by atoms with Crippen molar-refractivity contribution in [2.45, 2.75) is 82.4 Å². The Bertz CT molecular complexity index is 551. The molecule has 4 N–H and O–H groups in total. The highest BCUT2D eigenvalue weighted by molar-refractivity contribution is 5.66. The summed E-state index contributed by atoms with van der Waals surface area (Å²) in [6, 6.07) is 0. The second-order valence-electron chi connectivity index (χ2n) is 6.92. The molecule has 5 atom stereocenters. The van der Waals surface area contributed by atoms with Crippen molar-refractivity contribution in [3.05, 3.63) is 48.6 Å². The van der Waals surface area contributed by atoms with Gasteiger partial charge < -0.3 is 25.2 Å². The molecule has 1 aliphatic rings. The van der Waals surface area contributed by atoms with Gasteiger partial charge in [0.1, 0.15) is 0 Å². The summed E-state index contributed by atoms with van der Waals surface area (Å²) in [6.45, 7) is 2.08. The molecule has 0 spiro atoms. The highest BCUT2D eigenvalue weighted by atomic mass is 16.5. The number of allylic oxidation sites excluding steroid dienone is 4. The Morgan fingerprint density at radius 2 is 1.86 bits per heavy atom. The third-order valence-electron chi connectivity index (χ3n) is 4.44. The zero-order valence-electron chi connectivity index (χ0n) is 16.6. The second kappa shape index (κ2) is 14.3. The maximum absolute atomic E-state index is 10.4. The van der Waals surface area contributed by atoms with E-state index in [1.54, 1.807) is 12.2 Å². The second-order valence-corrected chi connectivity index (χ2v) is 6.92. The number of hydrogen-bond acceptors (Lipinski definition) is 5. The van der Waals surface area contributed by atoms with Gasteiger partial charge in [-0.05, 0) is 32.1 Å². The number of carbonyl (C=O) groups is 1. The Morgan fingerprint density at radius 1 is 1.11 bits per heavy atom. The number of aliphatic carboxylic acids is 1. The maximum Gasteiger partial charge on any atom is 0.303 e. The van der Waals surface area contributed by atoms with E-state index in [4.69, 9.17) is 9.84 Å². The first-order chi connectivity index (χ1) is 13.4. The Labute approximate surface area is 167 Å². The van der Waals surface area contributed by atoms with E-state index < -0.39 is 30.4 Å². The summed E-state index contributed by atoms with van der Waals surface area (Å²) in [5.41, 5.74) is 0. The predicted octanol–water partition coefficient (Wildman–Crippen LogP) is 2.90. The van der Waals surface area contributed by atoms with E-state index in [0.29, 0.717) is 25.7 Å². The minimum atomic E-state index is -0.901. The van der Waals surface area contributed by atoms with Crippen LogP contribution in [0.5, 0.6) is 0 Å². The molecule has 0 saturated carbocycles. The molecule has 1 aliphatic heterocycles. The van der Waals surface area contributed by atoms with Crippen molar-refractivity contribution in [3.8, 4) is 0 Å². The van der Waals surface area contributed by atoms with Crippen molar-refractivity contribution in [1.29, 1.82) is 0 Å². The summed E-state index contributed by atoms with van der Waals surface area (Å²) in [5, 5.41) is 38.8. The number of ether oxygens (including phenoxy) is 1. The Balaban J connectivity index is 2.33. The molecule has 1 saturated heterocycles. The fraction of sp³-hybridized carbons (Fsp3) is 0.591. The number of carboxylic acid groups (broad SMARTS) is 1. The molecule has 0 aromatic heterocycles. The summed E-state index contributed by atoms with van der Waals surface area (Å²) in [4.78, 5) is 10.4. The number of carboxylic acids is 1. The summed E-state index contributed by atoms with van der Waals surface area (Å²) in [7, 11) is 0. The first-order valence-corrected chi connectivity index (χ1v) is 9.98. The summed E-state index contributed by atoms with van der Waals surface area (Å²) >= 11 is 0. The molecule has 0 bridgehead atoms. The van der Waals surface area contributed by atoms with Gasteiger partial charge in [0.25, 0.3) is 0 Å². The molecule has 6 heteroatoms. The van der Waals surface area contributed by atoms with Crippen molar-refractivity contribution in [1.82, 2.24) is 0 Å². The van der Waals surface area contributed by atoms with Gasteiger partial charge in [-0.25, -0.2) is 0 Å². The lowest BCUT2D eigenvalue weighted by Crippen LogP contribution is -2.24. The van der Waals surface area contributed by atoms with Gasteiger partial charge in [0.15, 0.2) is 0 Å². The highest BCUT2D eigenvalue weighted by Gasteiger charge is 2.36. The number of rotatable bonds is 13. The van der Waals surface area contributed by atoms with E-state index in [1.165, 1.54) is 12.2 Å². The van der Waals surface area contributed by atoms with Gasteiger partial charge in [-0.1, -0.05) is 55.5 Å². The SMILES string of the molecule is CC/C=C\C/C=C\C[C@@H]1O[C@H]([C@H](O)/C=C/[C@H](O)C/C=C\CCC(=O)O)C[C@@H]1O. The van der Waals surface area contributed by atoms with Crippen molar-refractivity contribution >= 4 is 5.97 Å². The molecule has 0 aliphatic carbocycles. The minimum Gasteiger partial charge on any atom is -0.481 e. The Kier molecular flexibility index (Phi) is 12.4. The van der Waals surface area contributed by atoms with Crippen LogP contribution < -0.4 is 0 Å². The van der Waals surface area contributed by atoms with E-state index in [1.807, 2.05) is 12.2 Å². The van der Waals surface area contributed by atoms with Gasteiger partial charge in [0.05, 0.1) is 30.5 Å². The molecule has 0 aromatic carbocycles. The van der Waals surface area contributed by atoms with E-state index in [0.717, 1.165) is 12.8 Å². The lowest BCUT2D eigenvalue weighted by Gasteiger charge is -2.16. The van der Waals surface area contributed by atoms with Crippen LogP contribution in [-0.2, 0) is 9.53 Å². The monoisotopic (exact) mass is 394 g/mol. The molecule has 0 aromatic rings. The van der Waals surface area contributed by atoms with E-state index in [-0.39, 0.29) is 12.5 Å². The van der Waals surface area contributed by atoms with Gasteiger partial charge in [0.2, 0.25) is 0 Å². The standard InChI is InChI=1S/C22H34O6/c1-2-3-4-5-6-9-12-20-19(25)16-21(28-20)18(24)15-14-17(23)11-8-7-10-13-22(26)27/h3-4,6-9,14-15,17-21,23-25H,2,5,10-13,16H2,1H3,(H,26,27)/b4-3-,8-7-,9-6-,15-14+/t17-,18-,19+,20+,21+/m1/s1. The molecule has 0 radical (unpaired) electrons. The van der Waals surface area contributed by atoms with Crippen molar-refractivity contribution in [3.63, 3.8) is 0 Å². The molecule has 1 rings (SSSR count). The Hall–Kier alpha value is -1.73. The van der Waals surface area contributed by atoms with Gasteiger partial charge in [-0.2, -0.15) is 0 Å². The maximum atomic E-state index is 10.4. The molecule has 6 nitrogen and oxygen atoms in total. The Morgan fingerprint density at radius 3 is 2.57 bits per heavy atom. The minimum absolute atomic E-state index is 0.0638. The molecular weight excluding hydrogens is 360 g/mol. The average molecular weight is 395 g/mol. The van der Waals surface area contributed by atoms with Crippen molar-refractivity contribution in [2.24, 2.45) is 0 Å². The predicted molar refractivity (Wildman–Crippen MR) is 109 cm³/mol. The number of aliphatic hydroxyl groups excluding tert-OH is 3. The highest BCUT2D eigenvalue weighted by Crippen LogP contribution is 2.26. The lowest BCUT2D eigenvalue weighted by atomic mass is 10.0. The fourth-order valence-electron chi connectivity index (χ4n) is 2.87. The largest absolute Gasteiger partial charge is 0.481 e. The lowest BCUT2D eigenvalue weighted by molar-refractivity contribution is -0.136. The molecule has 0 amide bonds. The normalized spacial score (nSPS) is 25.5. The van der Waals surface area contributed by atoms with Gasteiger partial charge in [-0.3, -0.25) is 4.79 Å². The van der Waals surface area contributed by atoms with Crippen LogP contribution in [0.25, 0.3) is 0 Å². The molecule has 1 fully saturated rings. The molecule has 158 valence electrons. The third kappa shape index (κ3) is 10.6. The van der Waals surface area contributed by atoms with E-state index in [9.17, 15) is 20.1 Å². The first-order valence-electron chi connectivity index (χ1n) is 9.98.